The third-order valence-corrected chi connectivity index (χ3v) is 5.52. The Morgan fingerprint density at radius 3 is 2.57 bits per heavy atom. The summed E-state index contributed by atoms with van der Waals surface area (Å²) in [6, 6.07) is 13.4. The smallest absolute Gasteiger partial charge is 0.262 e. The lowest BCUT2D eigenvalue weighted by Gasteiger charge is -2.26. The van der Waals surface area contributed by atoms with Crippen LogP contribution < -0.4 is 4.74 Å². The van der Waals surface area contributed by atoms with E-state index in [9.17, 15) is 14.0 Å². The molecule has 1 saturated carbocycles. The maximum Gasteiger partial charge on any atom is 0.262 e. The van der Waals surface area contributed by atoms with Crippen LogP contribution in [-0.2, 0) is 9.59 Å². The zero-order valence-corrected chi connectivity index (χ0v) is 17.0. The van der Waals surface area contributed by atoms with Crippen LogP contribution in [0.3, 0.4) is 0 Å². The van der Waals surface area contributed by atoms with Gasteiger partial charge in [0, 0.05) is 30.5 Å². The topological polar surface area (TPSA) is 62.2 Å². The molecule has 0 saturated heterocycles. The van der Waals surface area contributed by atoms with Gasteiger partial charge in [0.25, 0.3) is 5.91 Å². The maximum absolute atomic E-state index is 14.4. The molecular formula is C23H24FN3O3. The molecule has 156 valence electrons. The highest BCUT2D eigenvalue weighted by Gasteiger charge is 2.37. The summed E-state index contributed by atoms with van der Waals surface area (Å²) >= 11 is 0. The molecule has 2 aliphatic rings. The number of halogens is 1. The van der Waals surface area contributed by atoms with Crippen molar-refractivity contribution < 1.29 is 18.7 Å². The van der Waals surface area contributed by atoms with Crippen LogP contribution in [0.15, 0.2) is 53.6 Å². The molecule has 1 aliphatic carbocycles. The Hall–Kier alpha value is -3.22. The minimum absolute atomic E-state index is 0.0188. The molecule has 0 unspecified atom stereocenters. The summed E-state index contributed by atoms with van der Waals surface area (Å²) in [6.07, 6.45) is 2.11. The number of rotatable bonds is 6. The van der Waals surface area contributed by atoms with Crippen molar-refractivity contribution in [3.63, 3.8) is 0 Å². The zero-order chi connectivity index (χ0) is 21.3. The average Bonchev–Trinajstić information content (AvgIpc) is 3.51. The minimum Gasteiger partial charge on any atom is -0.496 e. The van der Waals surface area contributed by atoms with Gasteiger partial charge in [-0.3, -0.25) is 9.59 Å². The van der Waals surface area contributed by atoms with Crippen LogP contribution in [0.2, 0.25) is 0 Å². The van der Waals surface area contributed by atoms with Gasteiger partial charge < -0.3 is 9.64 Å². The molecule has 1 atom stereocenters. The van der Waals surface area contributed by atoms with Gasteiger partial charge in [-0.05, 0) is 25.0 Å². The zero-order valence-electron chi connectivity index (χ0n) is 17.0. The summed E-state index contributed by atoms with van der Waals surface area (Å²) in [4.78, 5) is 26.9. The Morgan fingerprint density at radius 1 is 1.17 bits per heavy atom. The minimum atomic E-state index is -0.437. The van der Waals surface area contributed by atoms with Gasteiger partial charge in [0.2, 0.25) is 5.91 Å². The first kappa shape index (κ1) is 20.1. The highest BCUT2D eigenvalue weighted by molar-refractivity contribution is 6.03. The predicted octanol–water partition coefficient (Wildman–Crippen LogP) is 3.38. The number of hydrogen-bond donors (Lipinski definition) is 0. The van der Waals surface area contributed by atoms with Gasteiger partial charge in [-0.25, -0.2) is 9.40 Å². The molecule has 2 amide bonds. The summed E-state index contributed by atoms with van der Waals surface area (Å²) in [5.41, 5.74) is 1.66. The number of likely N-dealkylation sites (N-methyl/N-ethyl adjacent to an activating group) is 1. The van der Waals surface area contributed by atoms with Crippen molar-refractivity contribution in [3.05, 3.63) is 65.5 Å². The molecule has 0 bridgehead atoms. The number of hydrazone groups is 1. The van der Waals surface area contributed by atoms with Gasteiger partial charge in [-0.2, -0.15) is 5.10 Å². The quantitative estimate of drug-likeness (QED) is 0.735. The van der Waals surface area contributed by atoms with Crippen LogP contribution in [0.5, 0.6) is 5.75 Å². The molecule has 2 aromatic carbocycles. The standard InChI is InChI=1S/C23H24FN3O3/c1-26(23(29)15-11-12-15)14-22(28)27-20(17-8-4-6-10-21(17)30-2)13-19(25-27)16-7-3-5-9-18(16)24/h3-10,15,20H,11-14H2,1-2H3/t20-/m0/s1. The first-order valence-corrected chi connectivity index (χ1v) is 10.0. The highest BCUT2D eigenvalue weighted by atomic mass is 19.1. The number of methoxy groups -OCH3 is 1. The van der Waals surface area contributed by atoms with E-state index in [1.807, 2.05) is 24.3 Å². The Kier molecular flexibility index (Phi) is 5.53. The van der Waals surface area contributed by atoms with Crippen LogP contribution in [0.4, 0.5) is 4.39 Å². The van der Waals surface area contributed by atoms with E-state index in [1.54, 1.807) is 32.4 Å². The Bertz CT molecular complexity index is 1000. The number of amides is 2. The summed E-state index contributed by atoms with van der Waals surface area (Å²) in [5.74, 6) is -0.0506. The van der Waals surface area contributed by atoms with Gasteiger partial charge in [0.15, 0.2) is 0 Å². The Morgan fingerprint density at radius 2 is 1.87 bits per heavy atom. The van der Waals surface area contributed by atoms with Crippen molar-refractivity contribution in [1.29, 1.82) is 0 Å². The SMILES string of the molecule is COc1ccccc1[C@@H]1CC(c2ccccc2F)=NN1C(=O)CN(C)C(=O)C1CC1. The Balaban J connectivity index is 1.65. The van der Waals surface area contributed by atoms with Crippen molar-refractivity contribution in [2.45, 2.75) is 25.3 Å². The fourth-order valence-electron chi connectivity index (χ4n) is 3.78. The second-order valence-corrected chi connectivity index (χ2v) is 7.70. The number of carbonyl (C=O) groups excluding carboxylic acids is 2. The first-order valence-electron chi connectivity index (χ1n) is 10.0. The summed E-state index contributed by atoms with van der Waals surface area (Å²) in [6.45, 7) is -0.0744. The van der Waals surface area contributed by atoms with E-state index in [0.717, 1.165) is 18.4 Å². The number of ether oxygens (including phenoxy) is 1. The molecule has 1 heterocycles. The van der Waals surface area contributed by atoms with Gasteiger partial charge in [-0.15, -0.1) is 0 Å². The Labute approximate surface area is 174 Å². The van der Waals surface area contributed by atoms with Crippen molar-refractivity contribution in [1.82, 2.24) is 9.91 Å². The molecule has 7 heteroatoms. The third-order valence-electron chi connectivity index (χ3n) is 5.52. The van der Waals surface area contributed by atoms with Crippen molar-refractivity contribution in [2.75, 3.05) is 20.7 Å². The third kappa shape index (κ3) is 3.92. The average molecular weight is 409 g/mol. The number of benzene rings is 2. The second-order valence-electron chi connectivity index (χ2n) is 7.70. The monoisotopic (exact) mass is 409 g/mol. The number of hydrogen-bond acceptors (Lipinski definition) is 4. The van der Waals surface area contributed by atoms with E-state index < -0.39 is 6.04 Å². The van der Waals surface area contributed by atoms with E-state index in [0.29, 0.717) is 23.4 Å². The molecule has 4 rings (SSSR count). The molecule has 1 aliphatic heterocycles. The molecule has 2 aromatic rings. The van der Waals surface area contributed by atoms with Crippen LogP contribution in [0.25, 0.3) is 0 Å². The largest absolute Gasteiger partial charge is 0.496 e. The fraction of sp³-hybridized carbons (Fsp3) is 0.348. The lowest BCUT2D eigenvalue weighted by Crippen LogP contribution is -2.39. The number of nitrogens with zero attached hydrogens (tertiary/aromatic N) is 3. The lowest BCUT2D eigenvalue weighted by molar-refractivity contribution is -0.141. The summed E-state index contributed by atoms with van der Waals surface area (Å²) in [5, 5.41) is 5.86. The molecule has 30 heavy (non-hydrogen) atoms. The molecule has 0 radical (unpaired) electrons. The van der Waals surface area contributed by atoms with Crippen LogP contribution in [-0.4, -0.2) is 48.1 Å². The molecule has 0 spiro atoms. The molecule has 0 aromatic heterocycles. The first-order chi connectivity index (χ1) is 14.5. The highest BCUT2D eigenvalue weighted by Crippen LogP contribution is 2.38. The van der Waals surface area contributed by atoms with E-state index in [2.05, 4.69) is 5.10 Å². The van der Waals surface area contributed by atoms with Crippen LogP contribution in [0.1, 0.15) is 36.4 Å². The van der Waals surface area contributed by atoms with Gasteiger partial charge in [0.1, 0.15) is 18.1 Å². The number of para-hydroxylation sites is 1. The molecule has 0 N–H and O–H groups in total. The van der Waals surface area contributed by atoms with E-state index in [4.69, 9.17) is 4.74 Å². The van der Waals surface area contributed by atoms with E-state index in [-0.39, 0.29) is 30.1 Å². The summed E-state index contributed by atoms with van der Waals surface area (Å²) < 4.78 is 19.9. The molecule has 6 nitrogen and oxygen atoms in total. The fourth-order valence-corrected chi connectivity index (χ4v) is 3.78. The summed E-state index contributed by atoms with van der Waals surface area (Å²) in [7, 11) is 3.20. The maximum atomic E-state index is 14.4. The van der Waals surface area contributed by atoms with Crippen molar-refractivity contribution >= 4 is 17.5 Å². The molecular weight excluding hydrogens is 385 g/mol. The van der Waals surface area contributed by atoms with Gasteiger partial charge >= 0.3 is 0 Å². The van der Waals surface area contributed by atoms with Gasteiger partial charge in [0.05, 0.1) is 18.9 Å². The lowest BCUT2D eigenvalue weighted by atomic mass is 9.97. The normalized spacial score (nSPS) is 18.2. The van der Waals surface area contributed by atoms with Crippen LogP contribution in [0, 0.1) is 11.7 Å². The second kappa shape index (κ2) is 8.26. The van der Waals surface area contributed by atoms with Crippen LogP contribution >= 0.6 is 0 Å². The molecule has 1 fully saturated rings. The van der Waals surface area contributed by atoms with E-state index in [1.165, 1.54) is 16.0 Å². The number of carbonyl (C=O) groups is 2. The van der Waals surface area contributed by atoms with Crippen molar-refractivity contribution in [2.24, 2.45) is 11.0 Å². The predicted molar refractivity (Wildman–Crippen MR) is 110 cm³/mol. The van der Waals surface area contributed by atoms with Gasteiger partial charge in [-0.1, -0.05) is 36.4 Å². The van der Waals surface area contributed by atoms with E-state index >= 15 is 0 Å². The van der Waals surface area contributed by atoms with Crippen molar-refractivity contribution in [3.8, 4) is 5.75 Å².